The van der Waals surface area contributed by atoms with Gasteiger partial charge in [-0.15, -0.1) is 0 Å². The molecule has 0 radical (unpaired) electrons. The Labute approximate surface area is 170 Å². The normalized spacial score (nSPS) is 30.9. The van der Waals surface area contributed by atoms with Gasteiger partial charge in [-0.2, -0.15) is 0 Å². The Balaban J connectivity index is 1.69. The van der Waals surface area contributed by atoms with Crippen molar-refractivity contribution in [3.63, 3.8) is 0 Å². The molecule has 26 heavy (non-hydrogen) atoms. The lowest BCUT2D eigenvalue weighted by Crippen LogP contribution is -2.70. The average Bonchev–Trinajstić information content (AvgIpc) is 2.97. The first-order valence-electron chi connectivity index (χ1n) is 7.70. The number of benzene rings is 1. The van der Waals surface area contributed by atoms with Gasteiger partial charge in [0.05, 0.1) is 6.54 Å². The molecule has 0 aromatic heterocycles. The van der Waals surface area contributed by atoms with Crippen molar-refractivity contribution in [1.29, 1.82) is 0 Å². The number of Topliss-reactive ketones (excluding diaryl/α,β-unsaturated/α-hetero) is 1. The molecule has 140 valence electrons. The number of hydrogen-bond acceptors (Lipinski definition) is 4. The average molecular weight is 439 g/mol. The van der Waals surface area contributed by atoms with Crippen LogP contribution in [0.5, 0.6) is 0 Å². The molecule has 2 unspecified atom stereocenters. The number of alkyl carbamates (subject to hydrolysis) is 1. The summed E-state index contributed by atoms with van der Waals surface area (Å²) in [6.45, 7) is 1.43. The van der Waals surface area contributed by atoms with Gasteiger partial charge in [-0.25, -0.2) is 4.79 Å². The minimum atomic E-state index is -2.09. The monoisotopic (exact) mass is 437 g/mol. The van der Waals surface area contributed by atoms with Crippen LogP contribution in [-0.2, 0) is 20.9 Å². The van der Waals surface area contributed by atoms with E-state index in [4.69, 9.17) is 55.9 Å². The minimum Gasteiger partial charge on any atom is -0.445 e. The fourth-order valence-corrected chi connectivity index (χ4v) is 4.18. The fraction of sp³-hybridized carbons (Fsp3) is 0.412. The molecule has 9 heteroatoms. The van der Waals surface area contributed by atoms with Gasteiger partial charge in [-0.05, 0) is 18.6 Å². The lowest BCUT2D eigenvalue weighted by Gasteiger charge is -2.50. The molecule has 1 N–H and O–H groups in total. The van der Waals surface area contributed by atoms with Crippen LogP contribution in [0.25, 0.3) is 0 Å². The molecule has 2 atom stereocenters. The second-order valence-corrected chi connectivity index (χ2v) is 8.98. The zero-order chi connectivity index (χ0) is 19.2. The lowest BCUT2D eigenvalue weighted by molar-refractivity contribution is -0.155. The molecule has 0 aliphatic carbocycles. The molecular formula is C17H15Cl4NO4. The van der Waals surface area contributed by atoms with Crippen LogP contribution in [0.15, 0.2) is 42.5 Å². The maximum absolute atomic E-state index is 12.6. The van der Waals surface area contributed by atoms with E-state index in [9.17, 15) is 9.59 Å². The third-order valence-corrected chi connectivity index (χ3v) is 6.57. The molecule has 1 amide bonds. The second kappa shape index (κ2) is 6.57. The molecule has 1 saturated heterocycles. The Morgan fingerprint density at radius 2 is 1.77 bits per heavy atom. The zero-order valence-electron chi connectivity index (χ0n) is 13.6. The van der Waals surface area contributed by atoms with Crippen LogP contribution in [0.4, 0.5) is 4.79 Å². The van der Waals surface area contributed by atoms with Crippen molar-refractivity contribution >= 4 is 58.3 Å². The third kappa shape index (κ3) is 3.00. The van der Waals surface area contributed by atoms with E-state index in [0.29, 0.717) is 0 Å². The van der Waals surface area contributed by atoms with E-state index in [1.54, 1.807) is 6.92 Å². The number of ketones is 1. The van der Waals surface area contributed by atoms with Crippen molar-refractivity contribution in [3.8, 4) is 0 Å². The van der Waals surface area contributed by atoms with Crippen molar-refractivity contribution in [2.24, 2.45) is 0 Å². The summed E-state index contributed by atoms with van der Waals surface area (Å²) < 4.78 is 6.94. The van der Waals surface area contributed by atoms with Crippen LogP contribution in [0.1, 0.15) is 12.5 Å². The van der Waals surface area contributed by atoms with E-state index in [-0.39, 0.29) is 13.2 Å². The summed E-state index contributed by atoms with van der Waals surface area (Å²) in [7, 11) is 0. The van der Waals surface area contributed by atoms with Crippen molar-refractivity contribution in [2.45, 2.75) is 33.4 Å². The number of amides is 1. The number of ether oxygens (including phenoxy) is 2. The smallest absolute Gasteiger partial charge is 0.407 e. The molecule has 2 aliphatic rings. The molecule has 0 spiro atoms. The topological polar surface area (TPSA) is 64.6 Å². The van der Waals surface area contributed by atoms with Gasteiger partial charge in [0.2, 0.25) is 14.4 Å². The second-order valence-electron chi connectivity index (χ2n) is 6.33. The number of carbonyl (C=O) groups is 2. The van der Waals surface area contributed by atoms with Crippen molar-refractivity contribution in [1.82, 2.24) is 5.32 Å². The van der Waals surface area contributed by atoms with Crippen LogP contribution >= 0.6 is 46.4 Å². The molecule has 1 aromatic rings. The quantitative estimate of drug-likeness (QED) is 0.571. The number of rotatable bonds is 4. The summed E-state index contributed by atoms with van der Waals surface area (Å²) in [4.78, 5) is 24.6. The van der Waals surface area contributed by atoms with E-state index >= 15 is 0 Å². The standard InChI is InChI=1S/C17H15Cl4NO4/c1-14-7-8-15(26-14,17(20,21)12(23)16(14,18)19)10-22-13(24)25-9-11-5-3-2-4-6-11/h2-8H,9-10H2,1H3,(H,22,24). The molecule has 2 heterocycles. The molecule has 0 saturated carbocycles. The fourth-order valence-electron chi connectivity index (χ4n) is 2.88. The maximum Gasteiger partial charge on any atom is 0.407 e. The van der Waals surface area contributed by atoms with Gasteiger partial charge >= 0.3 is 6.09 Å². The Morgan fingerprint density at radius 1 is 1.12 bits per heavy atom. The number of fused-ring (bicyclic) bond motifs is 2. The van der Waals surface area contributed by atoms with Crippen LogP contribution < -0.4 is 5.32 Å². The van der Waals surface area contributed by atoms with Gasteiger partial charge in [-0.3, -0.25) is 4.79 Å². The highest BCUT2D eigenvalue weighted by molar-refractivity contribution is 6.70. The first-order chi connectivity index (χ1) is 12.0. The Bertz CT molecular complexity index is 767. The number of halogens is 4. The SMILES string of the molecule is CC12C=CC(CNC(=O)OCc3ccccc3)(O1)C(Cl)(Cl)C(=O)C2(Cl)Cl. The first-order valence-corrected chi connectivity index (χ1v) is 9.21. The zero-order valence-corrected chi connectivity index (χ0v) is 16.6. The lowest BCUT2D eigenvalue weighted by atomic mass is 9.89. The van der Waals surface area contributed by atoms with E-state index in [1.807, 2.05) is 30.3 Å². The summed E-state index contributed by atoms with van der Waals surface area (Å²) in [6, 6.07) is 9.17. The summed E-state index contributed by atoms with van der Waals surface area (Å²) in [5, 5.41) is 2.52. The molecule has 1 fully saturated rings. The van der Waals surface area contributed by atoms with Crippen molar-refractivity contribution in [2.75, 3.05) is 6.54 Å². The maximum atomic E-state index is 12.6. The van der Waals surface area contributed by atoms with Crippen molar-refractivity contribution < 1.29 is 19.1 Å². The molecule has 2 bridgehead atoms. The Morgan fingerprint density at radius 3 is 2.42 bits per heavy atom. The predicted molar refractivity (Wildman–Crippen MR) is 99.9 cm³/mol. The number of carbonyl (C=O) groups excluding carboxylic acids is 2. The summed E-state index contributed by atoms with van der Waals surface area (Å²) in [5.74, 6) is -0.810. The van der Waals surface area contributed by atoms with Gasteiger partial charge in [0.15, 0.2) is 0 Å². The van der Waals surface area contributed by atoms with Crippen molar-refractivity contribution in [3.05, 3.63) is 48.0 Å². The van der Waals surface area contributed by atoms with Gasteiger partial charge < -0.3 is 14.8 Å². The van der Waals surface area contributed by atoms with Crippen LogP contribution in [-0.4, -0.2) is 38.3 Å². The van der Waals surface area contributed by atoms with Crippen LogP contribution in [0, 0.1) is 0 Å². The van der Waals surface area contributed by atoms with Crippen LogP contribution in [0.3, 0.4) is 0 Å². The van der Waals surface area contributed by atoms with Crippen LogP contribution in [0.2, 0.25) is 0 Å². The first kappa shape index (κ1) is 19.8. The molecular weight excluding hydrogens is 424 g/mol. The van der Waals surface area contributed by atoms with E-state index < -0.39 is 31.7 Å². The Hall–Kier alpha value is -0.980. The van der Waals surface area contributed by atoms with Gasteiger partial charge in [-0.1, -0.05) is 82.8 Å². The summed E-state index contributed by atoms with van der Waals surface area (Å²) in [6.07, 6.45) is 2.31. The van der Waals surface area contributed by atoms with E-state index in [2.05, 4.69) is 5.32 Å². The number of hydrogen-bond donors (Lipinski definition) is 1. The highest BCUT2D eigenvalue weighted by atomic mass is 35.5. The number of nitrogens with one attached hydrogen (secondary N) is 1. The number of alkyl halides is 4. The molecule has 5 nitrogen and oxygen atoms in total. The van der Waals surface area contributed by atoms with E-state index in [0.717, 1.165) is 5.56 Å². The predicted octanol–water partition coefficient (Wildman–Crippen LogP) is 3.93. The minimum absolute atomic E-state index is 0.0897. The molecule has 1 aromatic carbocycles. The third-order valence-electron chi connectivity index (χ3n) is 4.50. The molecule has 3 rings (SSSR count). The van der Waals surface area contributed by atoms with Gasteiger partial charge in [0.1, 0.15) is 17.8 Å². The summed E-state index contributed by atoms with van der Waals surface area (Å²) >= 11 is 24.8. The summed E-state index contributed by atoms with van der Waals surface area (Å²) in [5.41, 5.74) is -2.01. The van der Waals surface area contributed by atoms with Gasteiger partial charge in [0, 0.05) is 0 Å². The molecule has 2 aliphatic heterocycles. The van der Waals surface area contributed by atoms with E-state index in [1.165, 1.54) is 12.2 Å². The highest BCUT2D eigenvalue weighted by Crippen LogP contribution is 2.59. The Kier molecular flexibility index (Phi) is 5.00. The largest absolute Gasteiger partial charge is 0.445 e. The highest BCUT2D eigenvalue weighted by Gasteiger charge is 2.73. The van der Waals surface area contributed by atoms with Gasteiger partial charge in [0.25, 0.3) is 0 Å².